The van der Waals surface area contributed by atoms with Crippen LogP contribution in [0.25, 0.3) is 11.1 Å². The van der Waals surface area contributed by atoms with Crippen molar-refractivity contribution >= 4 is 17.9 Å². The van der Waals surface area contributed by atoms with Crippen LogP contribution in [0.3, 0.4) is 0 Å². The Morgan fingerprint density at radius 1 is 1.13 bits per heavy atom. The van der Waals surface area contributed by atoms with Gasteiger partial charge in [-0.3, -0.25) is 14.9 Å². The van der Waals surface area contributed by atoms with Crippen LogP contribution in [-0.2, 0) is 11.3 Å². The Morgan fingerprint density at radius 2 is 1.80 bits per heavy atom. The fourth-order valence-corrected chi connectivity index (χ4v) is 4.31. The molecule has 3 rings (SSSR count). The fourth-order valence-electron chi connectivity index (χ4n) is 3.42. The van der Waals surface area contributed by atoms with Crippen molar-refractivity contribution in [1.82, 2.24) is 14.7 Å². The van der Waals surface area contributed by atoms with Gasteiger partial charge >= 0.3 is 0 Å². The number of hydrogen-bond acceptors (Lipinski definition) is 6. The van der Waals surface area contributed by atoms with E-state index in [1.54, 1.807) is 17.4 Å². The molecule has 0 aliphatic carbocycles. The van der Waals surface area contributed by atoms with Gasteiger partial charge in [0.25, 0.3) is 5.91 Å². The van der Waals surface area contributed by atoms with Crippen LogP contribution in [0.1, 0.15) is 18.9 Å². The summed E-state index contributed by atoms with van der Waals surface area (Å²) >= 11 is 1.67. The molecule has 0 atom stereocenters. The normalized spacial score (nSPS) is 14.6. The van der Waals surface area contributed by atoms with Gasteiger partial charge in [0, 0.05) is 36.6 Å². The van der Waals surface area contributed by atoms with Crippen LogP contribution < -0.4 is 5.48 Å². The minimum Gasteiger partial charge on any atom is -0.395 e. The standard InChI is InChI=1S/C23H29N3O3S/c1-2-25(15-16-27)17-18-3-5-19(6-4-18)20-7-9-22(10-8-20)30-26-13-11-21(12-14-26)23(28)24-29/h3-11,27,29H,2,12-17H2,1H3,(H,24,28). The van der Waals surface area contributed by atoms with E-state index in [4.69, 9.17) is 10.3 Å². The highest BCUT2D eigenvalue weighted by molar-refractivity contribution is 7.97. The average Bonchev–Trinajstić information content (AvgIpc) is 2.80. The lowest BCUT2D eigenvalue weighted by Gasteiger charge is -2.24. The summed E-state index contributed by atoms with van der Waals surface area (Å²) in [6, 6.07) is 17.1. The summed E-state index contributed by atoms with van der Waals surface area (Å²) in [4.78, 5) is 14.8. The maximum Gasteiger partial charge on any atom is 0.270 e. The second-order valence-electron chi connectivity index (χ2n) is 7.21. The Labute approximate surface area is 182 Å². The summed E-state index contributed by atoms with van der Waals surface area (Å²) in [6.07, 6.45) is 2.48. The molecule has 1 aliphatic rings. The molecule has 1 amide bonds. The summed E-state index contributed by atoms with van der Waals surface area (Å²) < 4.78 is 2.20. The Morgan fingerprint density at radius 3 is 2.33 bits per heavy atom. The highest BCUT2D eigenvalue weighted by Crippen LogP contribution is 2.28. The third kappa shape index (κ3) is 6.17. The molecule has 0 saturated carbocycles. The van der Waals surface area contributed by atoms with Crippen molar-refractivity contribution in [3.63, 3.8) is 0 Å². The predicted octanol–water partition coefficient (Wildman–Crippen LogP) is 3.31. The Kier molecular flexibility index (Phi) is 8.48. The van der Waals surface area contributed by atoms with Gasteiger partial charge in [-0.15, -0.1) is 0 Å². The van der Waals surface area contributed by atoms with E-state index < -0.39 is 5.91 Å². The van der Waals surface area contributed by atoms with Gasteiger partial charge in [-0.25, -0.2) is 9.79 Å². The minimum absolute atomic E-state index is 0.184. The van der Waals surface area contributed by atoms with E-state index in [9.17, 15) is 4.79 Å². The first-order chi connectivity index (χ1) is 14.6. The molecule has 1 heterocycles. The molecule has 0 bridgehead atoms. The number of hydrogen-bond donors (Lipinski definition) is 3. The number of nitrogens with one attached hydrogen (secondary N) is 1. The summed E-state index contributed by atoms with van der Waals surface area (Å²) in [5.74, 6) is -0.411. The topological polar surface area (TPSA) is 76.0 Å². The lowest BCUT2D eigenvalue weighted by Crippen LogP contribution is -2.29. The molecule has 7 heteroatoms. The lowest BCUT2D eigenvalue weighted by atomic mass is 10.0. The van der Waals surface area contributed by atoms with Crippen molar-refractivity contribution in [1.29, 1.82) is 0 Å². The summed E-state index contributed by atoms with van der Waals surface area (Å²) in [7, 11) is 0. The first-order valence-corrected chi connectivity index (χ1v) is 11.0. The number of rotatable bonds is 9. The third-order valence-corrected chi connectivity index (χ3v) is 6.28. The highest BCUT2D eigenvalue weighted by atomic mass is 32.2. The lowest BCUT2D eigenvalue weighted by molar-refractivity contribution is -0.125. The summed E-state index contributed by atoms with van der Waals surface area (Å²) in [5, 5.41) is 17.9. The fraction of sp³-hybridized carbons (Fsp3) is 0.348. The second kappa shape index (κ2) is 11.3. The van der Waals surface area contributed by atoms with Gasteiger partial charge in [0.2, 0.25) is 0 Å². The molecule has 160 valence electrons. The van der Waals surface area contributed by atoms with Gasteiger partial charge in [0.15, 0.2) is 0 Å². The van der Waals surface area contributed by atoms with Crippen molar-refractivity contribution in [2.24, 2.45) is 0 Å². The Hall–Kier alpha value is -2.16. The van der Waals surface area contributed by atoms with Gasteiger partial charge in [-0.05, 0) is 53.7 Å². The van der Waals surface area contributed by atoms with Gasteiger partial charge in [-0.2, -0.15) is 0 Å². The van der Waals surface area contributed by atoms with Crippen LogP contribution in [0.4, 0.5) is 0 Å². The van der Waals surface area contributed by atoms with Gasteiger partial charge in [0.05, 0.1) is 6.61 Å². The van der Waals surface area contributed by atoms with E-state index in [1.165, 1.54) is 16.7 Å². The zero-order valence-electron chi connectivity index (χ0n) is 17.3. The van der Waals surface area contributed by atoms with Crippen LogP contribution in [0.5, 0.6) is 0 Å². The SMILES string of the molecule is CCN(CCO)Cc1ccc(-c2ccc(SN3CC=C(C(=O)NO)CC3)cc2)cc1. The zero-order valence-corrected chi connectivity index (χ0v) is 18.1. The van der Waals surface area contributed by atoms with Crippen LogP contribution in [-0.4, -0.2) is 58.2 Å². The average molecular weight is 428 g/mol. The number of benzene rings is 2. The maximum atomic E-state index is 11.5. The molecule has 3 N–H and O–H groups in total. The maximum absolute atomic E-state index is 11.5. The predicted molar refractivity (Wildman–Crippen MR) is 120 cm³/mol. The molecule has 0 aromatic heterocycles. The van der Waals surface area contributed by atoms with Crippen molar-refractivity contribution in [3.05, 3.63) is 65.7 Å². The number of aliphatic hydroxyl groups is 1. The number of likely N-dealkylation sites (N-methyl/N-ethyl adjacent to an activating group) is 1. The van der Waals surface area contributed by atoms with E-state index in [2.05, 4.69) is 64.7 Å². The first-order valence-electron chi connectivity index (χ1n) is 10.2. The summed E-state index contributed by atoms with van der Waals surface area (Å²) in [5.41, 5.74) is 5.93. The quantitative estimate of drug-likeness (QED) is 0.324. The Bertz CT molecular complexity index is 853. The molecule has 2 aromatic carbocycles. The van der Waals surface area contributed by atoms with E-state index >= 15 is 0 Å². The van der Waals surface area contributed by atoms with E-state index in [-0.39, 0.29) is 6.61 Å². The van der Waals surface area contributed by atoms with E-state index in [0.717, 1.165) is 24.5 Å². The van der Waals surface area contributed by atoms with Crippen LogP contribution in [0.2, 0.25) is 0 Å². The number of amides is 1. The number of aliphatic hydroxyl groups excluding tert-OH is 1. The number of carbonyl (C=O) groups excluding carboxylic acids is 1. The van der Waals surface area contributed by atoms with Gasteiger partial charge in [0.1, 0.15) is 0 Å². The van der Waals surface area contributed by atoms with Crippen molar-refractivity contribution in [2.75, 3.05) is 32.8 Å². The molecule has 0 radical (unpaired) electrons. The van der Waals surface area contributed by atoms with E-state index in [1.807, 2.05) is 6.08 Å². The first kappa shape index (κ1) is 22.5. The van der Waals surface area contributed by atoms with Crippen LogP contribution in [0, 0.1) is 0 Å². The minimum atomic E-state index is -0.411. The molecular formula is C23H29N3O3S. The largest absolute Gasteiger partial charge is 0.395 e. The molecule has 0 saturated heterocycles. The van der Waals surface area contributed by atoms with Crippen molar-refractivity contribution in [2.45, 2.75) is 24.8 Å². The number of carbonyl (C=O) groups is 1. The smallest absolute Gasteiger partial charge is 0.270 e. The van der Waals surface area contributed by atoms with Crippen LogP contribution >= 0.6 is 11.9 Å². The Balaban J connectivity index is 1.57. The van der Waals surface area contributed by atoms with Crippen molar-refractivity contribution < 1.29 is 15.1 Å². The molecule has 0 spiro atoms. The molecule has 2 aromatic rings. The molecular weight excluding hydrogens is 398 g/mol. The molecule has 1 aliphatic heterocycles. The summed E-state index contributed by atoms with van der Waals surface area (Å²) in [6.45, 7) is 6.18. The highest BCUT2D eigenvalue weighted by Gasteiger charge is 2.17. The third-order valence-electron chi connectivity index (χ3n) is 5.21. The van der Waals surface area contributed by atoms with Gasteiger partial charge in [-0.1, -0.05) is 49.4 Å². The van der Waals surface area contributed by atoms with E-state index in [0.29, 0.717) is 25.1 Å². The number of nitrogens with zero attached hydrogens (tertiary/aromatic N) is 2. The second-order valence-corrected chi connectivity index (χ2v) is 8.38. The number of hydroxylamine groups is 1. The van der Waals surface area contributed by atoms with Crippen molar-refractivity contribution in [3.8, 4) is 11.1 Å². The monoisotopic (exact) mass is 427 g/mol. The molecule has 0 unspecified atom stereocenters. The van der Waals surface area contributed by atoms with Crippen LogP contribution in [0.15, 0.2) is 65.1 Å². The van der Waals surface area contributed by atoms with Gasteiger partial charge < -0.3 is 5.11 Å². The molecule has 6 nitrogen and oxygen atoms in total. The zero-order chi connectivity index (χ0) is 21.3. The molecule has 0 fully saturated rings. The molecule has 30 heavy (non-hydrogen) atoms.